The molecule has 3 unspecified atom stereocenters. The molecule has 3 aromatic rings. The fraction of sp³-hybridized carbons (Fsp3) is 0.364. The van der Waals surface area contributed by atoms with Gasteiger partial charge in [0.25, 0.3) is 5.91 Å². The highest BCUT2D eigenvalue weighted by Gasteiger charge is 2.43. The molecule has 4 aliphatic heterocycles. The summed E-state index contributed by atoms with van der Waals surface area (Å²) in [5.74, 6) is -1.50. The lowest BCUT2D eigenvalue weighted by Crippen LogP contribution is -2.54. The summed E-state index contributed by atoms with van der Waals surface area (Å²) in [6.45, 7) is 2.55. The van der Waals surface area contributed by atoms with Gasteiger partial charge in [0.1, 0.15) is 11.9 Å². The number of carbonyl (C=O) groups excluding carboxylic acids is 3. The number of fused-ring (bicyclic) bond motifs is 3. The Morgan fingerprint density at radius 1 is 0.854 bits per heavy atom. The smallest absolute Gasteiger partial charge is 0.255 e. The summed E-state index contributed by atoms with van der Waals surface area (Å²) >= 11 is 0. The molecule has 7 rings (SSSR count). The number of halogens is 1. The molecule has 4 heterocycles. The molecule has 3 atom stereocenters. The van der Waals surface area contributed by atoms with E-state index in [4.69, 9.17) is 0 Å². The van der Waals surface area contributed by atoms with Gasteiger partial charge in [0.15, 0.2) is 0 Å². The average molecular weight is 553 g/mol. The molecule has 0 aromatic heterocycles. The molecule has 3 fully saturated rings. The Bertz CT molecular complexity index is 1440. The highest BCUT2D eigenvalue weighted by molar-refractivity contribution is 6.05. The number of amides is 3. The first kappa shape index (κ1) is 26.0. The number of likely N-dealkylation sites (tertiary alicyclic amines) is 1. The second kappa shape index (κ2) is 10.5. The SMILES string of the molecule is O=C1CCC(N2Cc3cc(CN4C5CCC4CN(C(c4ccccc4)c4ccccc4)C5)c(F)cc3C2=O)C(=O)N1. The maximum Gasteiger partial charge on any atom is 0.255 e. The van der Waals surface area contributed by atoms with E-state index in [0.717, 1.165) is 31.5 Å². The van der Waals surface area contributed by atoms with Gasteiger partial charge < -0.3 is 4.90 Å². The summed E-state index contributed by atoms with van der Waals surface area (Å²) < 4.78 is 15.5. The van der Waals surface area contributed by atoms with Crippen molar-refractivity contribution in [1.82, 2.24) is 20.0 Å². The molecule has 0 radical (unpaired) electrons. The molecule has 3 saturated heterocycles. The Kier molecular flexibility index (Phi) is 6.67. The third-order valence-electron chi connectivity index (χ3n) is 9.30. The second-order valence-electron chi connectivity index (χ2n) is 11.7. The molecule has 8 heteroatoms. The maximum absolute atomic E-state index is 15.5. The molecule has 210 valence electrons. The largest absolute Gasteiger partial charge is 0.322 e. The summed E-state index contributed by atoms with van der Waals surface area (Å²) in [6, 6.07) is 24.5. The Balaban J connectivity index is 1.10. The van der Waals surface area contributed by atoms with Crippen LogP contribution in [0.1, 0.15) is 64.3 Å². The lowest BCUT2D eigenvalue weighted by molar-refractivity contribution is -0.136. The van der Waals surface area contributed by atoms with Gasteiger partial charge in [-0.3, -0.25) is 29.5 Å². The lowest BCUT2D eigenvalue weighted by atomic mass is 9.95. The molecule has 1 N–H and O–H groups in total. The molecule has 2 bridgehead atoms. The third kappa shape index (κ3) is 4.75. The van der Waals surface area contributed by atoms with Gasteiger partial charge in [0, 0.05) is 55.8 Å². The van der Waals surface area contributed by atoms with E-state index in [1.165, 1.54) is 22.1 Å². The van der Waals surface area contributed by atoms with Crippen molar-refractivity contribution in [2.45, 2.75) is 62.9 Å². The van der Waals surface area contributed by atoms with Crippen molar-refractivity contribution in [3.8, 4) is 0 Å². The van der Waals surface area contributed by atoms with E-state index < -0.39 is 11.9 Å². The van der Waals surface area contributed by atoms with E-state index in [-0.39, 0.29) is 36.6 Å². The zero-order chi connectivity index (χ0) is 28.1. The quantitative estimate of drug-likeness (QED) is 0.468. The van der Waals surface area contributed by atoms with Gasteiger partial charge in [-0.2, -0.15) is 0 Å². The van der Waals surface area contributed by atoms with Crippen LogP contribution in [0.4, 0.5) is 4.39 Å². The fourth-order valence-electron chi connectivity index (χ4n) is 7.33. The summed E-state index contributed by atoms with van der Waals surface area (Å²) in [5, 5.41) is 2.32. The predicted molar refractivity (Wildman–Crippen MR) is 151 cm³/mol. The molecule has 0 aliphatic carbocycles. The van der Waals surface area contributed by atoms with Crippen LogP contribution in [0.15, 0.2) is 72.8 Å². The first-order valence-electron chi connectivity index (χ1n) is 14.5. The normalized spacial score (nSPS) is 24.7. The summed E-state index contributed by atoms with van der Waals surface area (Å²) in [5.41, 5.74) is 4.21. The van der Waals surface area contributed by atoms with E-state index in [0.29, 0.717) is 36.2 Å². The highest BCUT2D eigenvalue weighted by Crippen LogP contribution is 2.39. The van der Waals surface area contributed by atoms with Crippen molar-refractivity contribution >= 4 is 17.7 Å². The zero-order valence-electron chi connectivity index (χ0n) is 22.8. The number of carbonyl (C=O) groups is 3. The van der Waals surface area contributed by atoms with Gasteiger partial charge in [-0.05, 0) is 48.1 Å². The molecule has 0 saturated carbocycles. The first-order valence-corrected chi connectivity index (χ1v) is 14.5. The average Bonchev–Trinajstić information content (AvgIpc) is 3.40. The molecule has 41 heavy (non-hydrogen) atoms. The number of hydrogen-bond donors (Lipinski definition) is 1. The van der Waals surface area contributed by atoms with E-state index in [2.05, 4.69) is 75.8 Å². The number of hydrogen-bond acceptors (Lipinski definition) is 5. The number of piperidine rings is 1. The van der Waals surface area contributed by atoms with Gasteiger partial charge in [-0.1, -0.05) is 60.7 Å². The number of rotatable bonds is 6. The Morgan fingerprint density at radius 3 is 2.10 bits per heavy atom. The lowest BCUT2D eigenvalue weighted by Gasteiger charge is -2.44. The van der Waals surface area contributed by atoms with Crippen molar-refractivity contribution in [1.29, 1.82) is 0 Å². The third-order valence-corrected chi connectivity index (χ3v) is 9.30. The number of nitrogens with zero attached hydrogens (tertiary/aromatic N) is 3. The van der Waals surface area contributed by atoms with Crippen LogP contribution in [0.3, 0.4) is 0 Å². The number of piperazine rings is 1. The minimum absolute atomic E-state index is 0.170. The minimum atomic E-state index is -0.704. The highest BCUT2D eigenvalue weighted by atomic mass is 19.1. The summed E-state index contributed by atoms with van der Waals surface area (Å²) in [6.07, 6.45) is 2.64. The van der Waals surface area contributed by atoms with E-state index in [1.54, 1.807) is 0 Å². The van der Waals surface area contributed by atoms with Crippen molar-refractivity contribution < 1.29 is 18.8 Å². The summed E-state index contributed by atoms with van der Waals surface area (Å²) in [7, 11) is 0. The van der Waals surface area contributed by atoms with Crippen molar-refractivity contribution in [3.63, 3.8) is 0 Å². The molecule has 4 aliphatic rings. The van der Waals surface area contributed by atoms with Crippen LogP contribution in [0.25, 0.3) is 0 Å². The first-order chi connectivity index (χ1) is 20.0. The van der Waals surface area contributed by atoms with Gasteiger partial charge in [-0.15, -0.1) is 0 Å². The van der Waals surface area contributed by atoms with Crippen molar-refractivity contribution in [2.24, 2.45) is 0 Å². The van der Waals surface area contributed by atoms with Crippen molar-refractivity contribution in [2.75, 3.05) is 13.1 Å². The number of nitrogens with one attached hydrogen (secondary N) is 1. The van der Waals surface area contributed by atoms with E-state index >= 15 is 4.39 Å². The Labute approximate surface area is 238 Å². The summed E-state index contributed by atoms with van der Waals surface area (Å²) in [4.78, 5) is 43.6. The monoisotopic (exact) mass is 552 g/mol. The Morgan fingerprint density at radius 2 is 1.49 bits per heavy atom. The van der Waals surface area contributed by atoms with Crippen molar-refractivity contribution in [3.05, 3.63) is 106 Å². The van der Waals surface area contributed by atoms with Crippen LogP contribution >= 0.6 is 0 Å². The van der Waals surface area contributed by atoms with E-state index in [9.17, 15) is 14.4 Å². The van der Waals surface area contributed by atoms with Gasteiger partial charge in [-0.25, -0.2) is 4.39 Å². The molecular weight excluding hydrogens is 519 g/mol. The predicted octanol–water partition coefficient (Wildman–Crippen LogP) is 4.02. The number of benzene rings is 3. The topological polar surface area (TPSA) is 73.0 Å². The molecule has 7 nitrogen and oxygen atoms in total. The molecule has 3 amide bonds. The van der Waals surface area contributed by atoms with Crippen LogP contribution in [-0.2, 0) is 22.7 Å². The fourth-order valence-corrected chi connectivity index (χ4v) is 7.33. The van der Waals surface area contributed by atoms with Gasteiger partial charge in [0.05, 0.1) is 6.04 Å². The zero-order valence-corrected chi connectivity index (χ0v) is 22.8. The molecular formula is C33H33FN4O3. The second-order valence-corrected chi connectivity index (χ2v) is 11.7. The number of imide groups is 1. The van der Waals surface area contributed by atoms with Gasteiger partial charge in [0.2, 0.25) is 11.8 Å². The van der Waals surface area contributed by atoms with Gasteiger partial charge >= 0.3 is 0 Å². The molecule has 3 aromatic carbocycles. The maximum atomic E-state index is 15.5. The van der Waals surface area contributed by atoms with Crippen LogP contribution < -0.4 is 5.32 Å². The van der Waals surface area contributed by atoms with Crippen LogP contribution in [-0.4, -0.2) is 63.6 Å². The van der Waals surface area contributed by atoms with Crippen LogP contribution in [0.5, 0.6) is 0 Å². The van der Waals surface area contributed by atoms with E-state index in [1.807, 2.05) is 6.07 Å². The minimum Gasteiger partial charge on any atom is -0.322 e. The Hall–Kier alpha value is -3.88. The molecule has 0 spiro atoms. The van der Waals surface area contributed by atoms with Crippen LogP contribution in [0.2, 0.25) is 0 Å². The van der Waals surface area contributed by atoms with Crippen LogP contribution in [0, 0.1) is 5.82 Å². The standard InChI is InChI=1S/C33H33FN4O3/c34-28-16-27-23(17-38(33(27)41)29-13-14-30(39)35-32(29)40)15-24(28)18-37-25-11-12-26(37)20-36(19-25)31(21-7-3-1-4-8-21)22-9-5-2-6-10-22/h1-10,15-16,25-26,29,31H,11-14,17-20H2,(H,35,39,40).